The lowest BCUT2D eigenvalue weighted by molar-refractivity contribution is -0.118. The Hall–Kier alpha value is -2.23. The molecule has 1 heterocycles. The predicted octanol–water partition coefficient (Wildman–Crippen LogP) is 6.31. The number of nitrogens with one attached hydrogen (secondary N) is 1. The zero-order chi connectivity index (χ0) is 27.0. The normalized spacial score (nSPS) is 16.9. The van der Waals surface area contributed by atoms with Crippen LogP contribution in [-0.4, -0.2) is 36.2 Å². The molecule has 2 atom stereocenters. The van der Waals surface area contributed by atoms with Crippen molar-refractivity contribution in [2.45, 2.75) is 45.5 Å². The largest absolute Gasteiger partial charge is 0.491 e. The lowest BCUT2D eigenvalue weighted by Gasteiger charge is -2.26. The molecule has 3 rings (SSSR count). The van der Waals surface area contributed by atoms with Gasteiger partial charge in [0.1, 0.15) is 24.3 Å². The number of ether oxygens (including phenoxy) is 1. The molecule has 202 valence electrons. The zero-order valence-electron chi connectivity index (χ0n) is 21.3. The summed E-state index contributed by atoms with van der Waals surface area (Å²) in [5.74, 6) is -0.216. The second-order valence-electron chi connectivity index (χ2n) is 9.48. The number of imide groups is 1. The minimum atomic E-state index is -4.04. The van der Waals surface area contributed by atoms with Crippen molar-refractivity contribution in [3.05, 3.63) is 65.5 Å². The fourth-order valence-corrected chi connectivity index (χ4v) is 5.79. The number of thioether (sulfide) groups is 1. The van der Waals surface area contributed by atoms with Gasteiger partial charge in [0.25, 0.3) is 5.24 Å². The van der Waals surface area contributed by atoms with Crippen LogP contribution in [0, 0.1) is 17.7 Å². The molecule has 2 amide bonds. The smallest absolute Gasteiger partial charge is 0.475 e. The molecule has 2 aromatic carbocycles. The van der Waals surface area contributed by atoms with Gasteiger partial charge in [-0.3, -0.25) is 28.5 Å². The van der Waals surface area contributed by atoms with Crippen molar-refractivity contribution in [1.29, 1.82) is 0 Å². The van der Waals surface area contributed by atoms with Crippen LogP contribution in [-0.2, 0) is 29.4 Å². The molecule has 0 aromatic heterocycles. The van der Waals surface area contributed by atoms with Gasteiger partial charge >= 0.3 is 7.82 Å². The Kier molecular flexibility index (Phi) is 10.7. The maximum Gasteiger partial charge on any atom is 0.475 e. The Morgan fingerprint density at radius 2 is 1.57 bits per heavy atom. The first kappa shape index (κ1) is 29.3. The summed E-state index contributed by atoms with van der Waals surface area (Å²) in [6.07, 6.45) is -0.678. The molecular formula is C26H33FNO7PS. The van der Waals surface area contributed by atoms with E-state index < -0.39 is 25.0 Å². The minimum Gasteiger partial charge on any atom is -0.491 e. The molecule has 1 aliphatic heterocycles. The van der Waals surface area contributed by atoms with Crippen LogP contribution in [0.5, 0.6) is 5.75 Å². The molecule has 0 saturated carbocycles. The minimum absolute atomic E-state index is 0.0769. The lowest BCUT2D eigenvalue weighted by Crippen LogP contribution is -2.25. The molecule has 1 saturated heterocycles. The van der Waals surface area contributed by atoms with Crippen molar-refractivity contribution in [1.82, 2.24) is 5.32 Å². The Balaban J connectivity index is 1.73. The summed E-state index contributed by atoms with van der Waals surface area (Å²) in [4.78, 5) is 23.2. The fraction of sp³-hybridized carbons (Fsp3) is 0.462. The van der Waals surface area contributed by atoms with Gasteiger partial charge in [-0.05, 0) is 42.0 Å². The topological polar surface area (TPSA) is 100 Å². The molecule has 0 spiro atoms. The Labute approximate surface area is 221 Å². The third-order valence-corrected chi connectivity index (χ3v) is 7.58. The molecule has 2 unspecified atom stereocenters. The Morgan fingerprint density at radius 3 is 2.11 bits per heavy atom. The first-order valence-corrected chi connectivity index (χ1v) is 14.4. The van der Waals surface area contributed by atoms with Crippen molar-refractivity contribution >= 4 is 30.7 Å². The van der Waals surface area contributed by atoms with E-state index in [1.54, 1.807) is 36.4 Å². The third kappa shape index (κ3) is 9.23. The van der Waals surface area contributed by atoms with E-state index in [4.69, 9.17) is 18.3 Å². The first-order chi connectivity index (χ1) is 17.5. The van der Waals surface area contributed by atoms with Crippen molar-refractivity contribution in [2.75, 3.05) is 19.8 Å². The first-order valence-electron chi connectivity index (χ1n) is 12.1. The molecule has 11 heteroatoms. The summed E-state index contributed by atoms with van der Waals surface area (Å²) in [6, 6.07) is 13.0. The highest BCUT2D eigenvalue weighted by Crippen LogP contribution is 2.54. The molecule has 2 aromatic rings. The zero-order valence-corrected chi connectivity index (χ0v) is 23.1. The average Bonchev–Trinajstić information content (AvgIpc) is 3.17. The van der Waals surface area contributed by atoms with Gasteiger partial charge in [0, 0.05) is 5.56 Å². The van der Waals surface area contributed by atoms with Crippen LogP contribution in [0.2, 0.25) is 0 Å². The van der Waals surface area contributed by atoms with Gasteiger partial charge in [-0.1, -0.05) is 69.8 Å². The molecule has 1 aliphatic rings. The van der Waals surface area contributed by atoms with Gasteiger partial charge in [-0.25, -0.2) is 8.96 Å². The van der Waals surface area contributed by atoms with Gasteiger partial charge in [0.05, 0.1) is 18.5 Å². The standard InChI is InChI=1S/C26H33FNO7PS/c1-17(2)14-33-36(31,34-15-18(3)4)35-23(21-7-5-6-8-22(21)27)16-32-20-11-9-19(10-12-20)13-24-25(29)28-26(30)37-24/h5-12,17-18,23-24H,13-16H2,1-4H3,(H,28,29,30). The van der Waals surface area contributed by atoms with Crippen LogP contribution in [0.25, 0.3) is 0 Å². The van der Waals surface area contributed by atoms with E-state index in [1.165, 1.54) is 12.1 Å². The van der Waals surface area contributed by atoms with Gasteiger partial charge in [-0.2, -0.15) is 0 Å². The fourth-order valence-electron chi connectivity index (χ4n) is 3.28. The summed E-state index contributed by atoms with van der Waals surface area (Å²) >= 11 is 0.969. The molecule has 1 N–H and O–H groups in total. The van der Waals surface area contributed by atoms with E-state index in [1.807, 2.05) is 27.7 Å². The van der Waals surface area contributed by atoms with Crippen molar-refractivity contribution in [3.63, 3.8) is 0 Å². The van der Waals surface area contributed by atoms with E-state index in [0.29, 0.717) is 12.2 Å². The number of carbonyl (C=O) groups excluding carboxylic acids is 2. The Bertz CT molecular complexity index is 1100. The van der Waals surface area contributed by atoms with Crippen LogP contribution in [0.1, 0.15) is 44.9 Å². The molecule has 8 nitrogen and oxygen atoms in total. The number of phosphoric acid groups is 1. The maximum absolute atomic E-state index is 14.7. The summed E-state index contributed by atoms with van der Waals surface area (Å²) in [5.41, 5.74) is 1.01. The molecule has 0 aliphatic carbocycles. The number of benzene rings is 2. The summed E-state index contributed by atoms with van der Waals surface area (Å²) in [7, 11) is -4.04. The van der Waals surface area contributed by atoms with E-state index in [0.717, 1.165) is 17.3 Å². The van der Waals surface area contributed by atoms with Crippen LogP contribution < -0.4 is 10.1 Å². The average molecular weight is 554 g/mol. The molecule has 0 radical (unpaired) electrons. The Morgan fingerprint density at radius 1 is 0.946 bits per heavy atom. The monoisotopic (exact) mass is 553 g/mol. The summed E-state index contributed by atoms with van der Waals surface area (Å²) < 4.78 is 51.0. The van der Waals surface area contributed by atoms with E-state index in [9.17, 15) is 18.5 Å². The predicted molar refractivity (Wildman–Crippen MR) is 140 cm³/mol. The van der Waals surface area contributed by atoms with Crippen LogP contribution in [0.3, 0.4) is 0 Å². The quantitative estimate of drug-likeness (QED) is 0.272. The second kappa shape index (κ2) is 13.5. The molecule has 1 fully saturated rings. The van der Waals surface area contributed by atoms with Crippen LogP contribution in [0.15, 0.2) is 48.5 Å². The SMILES string of the molecule is CC(C)COP(=O)(OCC(C)C)OC(COc1ccc(CC2SC(=O)NC2=O)cc1)c1ccccc1F. The lowest BCUT2D eigenvalue weighted by atomic mass is 10.1. The van der Waals surface area contributed by atoms with E-state index in [-0.39, 0.29) is 48.4 Å². The number of amides is 2. The highest BCUT2D eigenvalue weighted by atomic mass is 32.2. The maximum atomic E-state index is 14.7. The highest BCUT2D eigenvalue weighted by Gasteiger charge is 2.34. The molecule has 37 heavy (non-hydrogen) atoms. The van der Waals surface area contributed by atoms with Crippen molar-refractivity contribution < 1.29 is 36.9 Å². The highest BCUT2D eigenvalue weighted by molar-refractivity contribution is 8.15. The van der Waals surface area contributed by atoms with Gasteiger partial charge in [-0.15, -0.1) is 0 Å². The van der Waals surface area contributed by atoms with Crippen LogP contribution >= 0.6 is 19.6 Å². The second-order valence-corrected chi connectivity index (χ2v) is 12.3. The van der Waals surface area contributed by atoms with E-state index >= 15 is 0 Å². The third-order valence-electron chi connectivity index (χ3n) is 5.15. The van der Waals surface area contributed by atoms with Crippen molar-refractivity contribution in [2.24, 2.45) is 11.8 Å². The number of halogens is 1. The number of rotatable bonds is 14. The van der Waals surface area contributed by atoms with E-state index in [2.05, 4.69) is 5.32 Å². The molecule has 0 bridgehead atoms. The summed E-state index contributed by atoms with van der Waals surface area (Å²) in [6.45, 7) is 7.76. The van der Waals surface area contributed by atoms with Gasteiger partial charge in [0.2, 0.25) is 5.91 Å². The van der Waals surface area contributed by atoms with Gasteiger partial charge in [0.15, 0.2) is 0 Å². The number of carbonyl (C=O) groups is 2. The number of hydrogen-bond acceptors (Lipinski definition) is 8. The summed E-state index contributed by atoms with van der Waals surface area (Å²) in [5, 5.41) is 1.46. The number of phosphoric ester groups is 1. The van der Waals surface area contributed by atoms with Crippen LogP contribution in [0.4, 0.5) is 9.18 Å². The van der Waals surface area contributed by atoms with Crippen molar-refractivity contribution in [3.8, 4) is 5.75 Å². The van der Waals surface area contributed by atoms with Gasteiger partial charge < -0.3 is 4.74 Å². The number of hydrogen-bond donors (Lipinski definition) is 1. The molecular weight excluding hydrogens is 520 g/mol.